The Morgan fingerprint density at radius 2 is 1.94 bits per heavy atom. The van der Waals surface area contributed by atoms with Crippen LogP contribution in [0.1, 0.15) is 36.8 Å². The molecule has 1 heterocycles. The first-order valence-corrected chi connectivity index (χ1v) is 5.72. The van der Waals surface area contributed by atoms with E-state index >= 15 is 0 Å². The smallest absolute Gasteiger partial charge is 0.257 e. The van der Waals surface area contributed by atoms with E-state index in [0.717, 1.165) is 0 Å². The van der Waals surface area contributed by atoms with E-state index < -0.39 is 11.3 Å². The van der Waals surface area contributed by atoms with Gasteiger partial charge in [0.1, 0.15) is 5.56 Å². The number of carbonyl (C=O) groups is 2. The Balaban J connectivity index is 2.73. The van der Waals surface area contributed by atoms with Gasteiger partial charge in [0.05, 0.1) is 6.54 Å². The van der Waals surface area contributed by atoms with Crippen LogP contribution in [0.4, 0.5) is 0 Å². The van der Waals surface area contributed by atoms with Gasteiger partial charge in [0.2, 0.25) is 0 Å². The number of nitrogens with one attached hydrogen (secondary N) is 2. The Morgan fingerprint density at radius 3 is 2.44 bits per heavy atom. The van der Waals surface area contributed by atoms with Gasteiger partial charge in [-0.2, -0.15) is 0 Å². The molecular formula is C13H18N2O3. The molecule has 0 aliphatic carbocycles. The van der Waals surface area contributed by atoms with Crippen LogP contribution in [0.5, 0.6) is 0 Å². The monoisotopic (exact) mass is 250 g/mol. The Kier molecular flexibility index (Phi) is 4.06. The van der Waals surface area contributed by atoms with Crippen LogP contribution < -0.4 is 10.7 Å². The van der Waals surface area contributed by atoms with Crippen LogP contribution in [-0.4, -0.2) is 23.2 Å². The highest BCUT2D eigenvalue weighted by Crippen LogP contribution is 2.13. The molecule has 0 aliphatic heterocycles. The van der Waals surface area contributed by atoms with Gasteiger partial charge in [-0.05, 0) is 6.92 Å². The standard InChI is InChI=1S/C13H18N2O3/c1-8-5-10(16)9(6-14-8)12(18)15-7-11(17)13(2,3)4/h5-6H,7H2,1-4H3,(H,14,16)(H,15,18). The van der Waals surface area contributed by atoms with E-state index in [1.165, 1.54) is 12.3 Å². The number of hydrogen-bond acceptors (Lipinski definition) is 3. The van der Waals surface area contributed by atoms with Crippen molar-refractivity contribution < 1.29 is 9.59 Å². The highest BCUT2D eigenvalue weighted by molar-refractivity contribution is 5.97. The normalized spacial score (nSPS) is 11.1. The molecule has 0 bridgehead atoms. The van der Waals surface area contributed by atoms with E-state index in [1.54, 1.807) is 27.7 Å². The Morgan fingerprint density at radius 1 is 1.33 bits per heavy atom. The van der Waals surface area contributed by atoms with Gasteiger partial charge in [-0.1, -0.05) is 20.8 Å². The Hall–Kier alpha value is -1.91. The van der Waals surface area contributed by atoms with Gasteiger partial charge in [-0.3, -0.25) is 14.4 Å². The van der Waals surface area contributed by atoms with E-state index in [-0.39, 0.29) is 23.3 Å². The number of hydrogen-bond donors (Lipinski definition) is 2. The third kappa shape index (κ3) is 3.55. The highest BCUT2D eigenvalue weighted by Gasteiger charge is 2.21. The molecule has 0 saturated heterocycles. The lowest BCUT2D eigenvalue weighted by molar-refractivity contribution is -0.125. The van der Waals surface area contributed by atoms with Crippen molar-refractivity contribution in [2.75, 3.05) is 6.54 Å². The average molecular weight is 250 g/mol. The summed E-state index contributed by atoms with van der Waals surface area (Å²) in [7, 11) is 0. The van der Waals surface area contributed by atoms with E-state index in [0.29, 0.717) is 5.69 Å². The molecule has 0 saturated carbocycles. The Labute approximate surface area is 106 Å². The number of pyridine rings is 1. The van der Waals surface area contributed by atoms with Crippen molar-refractivity contribution in [1.82, 2.24) is 10.3 Å². The second-order valence-corrected chi connectivity index (χ2v) is 5.25. The molecule has 0 aromatic carbocycles. The summed E-state index contributed by atoms with van der Waals surface area (Å²) in [5.41, 5.74) is -0.163. The summed E-state index contributed by atoms with van der Waals surface area (Å²) >= 11 is 0. The molecule has 1 rings (SSSR count). The molecular weight excluding hydrogens is 232 g/mol. The number of amides is 1. The molecule has 0 radical (unpaired) electrons. The molecule has 0 unspecified atom stereocenters. The summed E-state index contributed by atoms with van der Waals surface area (Å²) in [6, 6.07) is 1.35. The second kappa shape index (κ2) is 5.16. The first-order chi connectivity index (χ1) is 8.21. The molecule has 98 valence electrons. The average Bonchev–Trinajstić information content (AvgIpc) is 2.24. The Bertz CT molecular complexity index is 524. The lowest BCUT2D eigenvalue weighted by Crippen LogP contribution is -2.37. The zero-order chi connectivity index (χ0) is 13.9. The van der Waals surface area contributed by atoms with Crippen molar-refractivity contribution in [3.63, 3.8) is 0 Å². The van der Waals surface area contributed by atoms with Crippen LogP contribution >= 0.6 is 0 Å². The molecule has 0 spiro atoms. The third-order valence-electron chi connectivity index (χ3n) is 2.55. The van der Waals surface area contributed by atoms with Crippen molar-refractivity contribution in [3.05, 3.63) is 33.7 Å². The lowest BCUT2D eigenvalue weighted by atomic mass is 9.91. The van der Waals surface area contributed by atoms with Crippen molar-refractivity contribution >= 4 is 11.7 Å². The summed E-state index contributed by atoms with van der Waals surface area (Å²) in [6.45, 7) is 6.99. The van der Waals surface area contributed by atoms with Gasteiger partial charge in [0.15, 0.2) is 11.2 Å². The number of rotatable bonds is 3. The van der Waals surface area contributed by atoms with Crippen LogP contribution in [-0.2, 0) is 4.79 Å². The second-order valence-electron chi connectivity index (χ2n) is 5.25. The summed E-state index contributed by atoms with van der Waals surface area (Å²) in [6.07, 6.45) is 1.36. The summed E-state index contributed by atoms with van der Waals surface area (Å²) in [5, 5.41) is 2.46. The molecule has 0 atom stereocenters. The summed E-state index contributed by atoms with van der Waals surface area (Å²) < 4.78 is 0. The van der Waals surface area contributed by atoms with Crippen molar-refractivity contribution in [2.45, 2.75) is 27.7 Å². The van der Waals surface area contributed by atoms with E-state index in [2.05, 4.69) is 10.3 Å². The molecule has 1 amide bonds. The fourth-order valence-corrected chi connectivity index (χ4v) is 1.27. The maximum atomic E-state index is 11.7. The van der Waals surface area contributed by atoms with Crippen LogP contribution in [0.2, 0.25) is 0 Å². The number of aromatic amines is 1. The number of aromatic nitrogens is 1. The number of ketones is 1. The number of H-pyrrole nitrogens is 1. The van der Waals surface area contributed by atoms with Crippen molar-refractivity contribution in [2.24, 2.45) is 5.41 Å². The van der Waals surface area contributed by atoms with Gasteiger partial charge in [0, 0.05) is 23.4 Å². The summed E-state index contributed by atoms with van der Waals surface area (Å²) in [4.78, 5) is 37.7. The molecule has 1 aromatic heterocycles. The van der Waals surface area contributed by atoms with Crippen molar-refractivity contribution in [1.29, 1.82) is 0 Å². The zero-order valence-electron chi connectivity index (χ0n) is 11.1. The largest absolute Gasteiger partial charge is 0.364 e. The van der Waals surface area contributed by atoms with Crippen LogP contribution in [0.25, 0.3) is 0 Å². The molecule has 2 N–H and O–H groups in total. The molecule has 1 aromatic rings. The van der Waals surface area contributed by atoms with Gasteiger partial charge in [0.25, 0.3) is 5.91 Å². The maximum Gasteiger partial charge on any atom is 0.257 e. The van der Waals surface area contributed by atoms with Crippen molar-refractivity contribution in [3.8, 4) is 0 Å². The maximum absolute atomic E-state index is 11.7. The highest BCUT2D eigenvalue weighted by atomic mass is 16.2. The van der Waals surface area contributed by atoms with E-state index in [1.807, 2.05) is 0 Å². The van der Waals surface area contributed by atoms with Gasteiger partial charge >= 0.3 is 0 Å². The predicted molar refractivity (Wildman–Crippen MR) is 68.6 cm³/mol. The fourth-order valence-electron chi connectivity index (χ4n) is 1.27. The number of carbonyl (C=O) groups excluding carboxylic acids is 2. The lowest BCUT2D eigenvalue weighted by Gasteiger charge is -2.16. The third-order valence-corrected chi connectivity index (χ3v) is 2.55. The molecule has 5 nitrogen and oxygen atoms in total. The zero-order valence-corrected chi connectivity index (χ0v) is 11.1. The minimum absolute atomic E-state index is 0.0160. The predicted octanol–water partition coefficient (Wildman–Crippen LogP) is 1.03. The quantitative estimate of drug-likeness (QED) is 0.840. The number of aryl methyl sites for hydroxylation is 1. The minimum Gasteiger partial charge on any atom is -0.364 e. The first kappa shape index (κ1) is 14.2. The van der Waals surface area contributed by atoms with Crippen LogP contribution in [0.15, 0.2) is 17.1 Å². The van der Waals surface area contributed by atoms with E-state index in [4.69, 9.17) is 0 Å². The van der Waals surface area contributed by atoms with E-state index in [9.17, 15) is 14.4 Å². The molecule has 0 aliphatic rings. The van der Waals surface area contributed by atoms with Gasteiger partial charge in [-0.15, -0.1) is 0 Å². The summed E-state index contributed by atoms with van der Waals surface area (Å²) in [5.74, 6) is -0.617. The minimum atomic E-state index is -0.533. The topological polar surface area (TPSA) is 79.0 Å². The molecule has 18 heavy (non-hydrogen) atoms. The SMILES string of the molecule is Cc1cc(=O)c(C(=O)NCC(=O)C(C)(C)C)c[nH]1. The van der Waals surface area contributed by atoms with Crippen LogP contribution in [0.3, 0.4) is 0 Å². The van der Waals surface area contributed by atoms with Gasteiger partial charge in [-0.25, -0.2) is 0 Å². The molecule has 5 heteroatoms. The van der Waals surface area contributed by atoms with Crippen LogP contribution in [0, 0.1) is 12.3 Å². The van der Waals surface area contributed by atoms with Gasteiger partial charge < -0.3 is 10.3 Å². The number of Topliss-reactive ketones (excluding diaryl/α,β-unsaturated/α-hetero) is 1. The molecule has 0 fully saturated rings. The first-order valence-electron chi connectivity index (χ1n) is 5.72. The fraction of sp³-hybridized carbons (Fsp3) is 0.462.